The summed E-state index contributed by atoms with van der Waals surface area (Å²) in [5.74, 6) is 0. The van der Waals surface area contributed by atoms with Crippen molar-refractivity contribution in [2.45, 2.75) is 6.92 Å². The maximum Gasteiger partial charge on any atom is 0.269 e. The topological polar surface area (TPSA) is 47.0 Å². The zero-order valence-electron chi connectivity index (χ0n) is 19.9. The number of pyridine rings is 1. The molecule has 0 saturated carbocycles. The molecule has 36 heavy (non-hydrogen) atoms. The van der Waals surface area contributed by atoms with Crippen LogP contribution in [0.3, 0.4) is 0 Å². The second-order valence-corrected chi connectivity index (χ2v) is 8.64. The van der Waals surface area contributed by atoms with Crippen molar-refractivity contribution in [1.29, 1.82) is 0 Å². The molecule has 1 heterocycles. The van der Waals surface area contributed by atoms with E-state index in [1.807, 2.05) is 30.3 Å². The van der Waals surface area contributed by atoms with Crippen LogP contribution in [-0.4, -0.2) is 4.92 Å². The van der Waals surface area contributed by atoms with Crippen molar-refractivity contribution >= 4 is 17.8 Å². The van der Waals surface area contributed by atoms with Crippen molar-refractivity contribution in [3.05, 3.63) is 148 Å². The molecule has 4 heteroatoms. The molecule has 0 saturated heterocycles. The van der Waals surface area contributed by atoms with Gasteiger partial charge in [0.05, 0.1) is 4.92 Å². The van der Waals surface area contributed by atoms with E-state index in [0.717, 1.165) is 39.3 Å². The molecule has 0 atom stereocenters. The van der Waals surface area contributed by atoms with Crippen molar-refractivity contribution in [2.75, 3.05) is 0 Å². The molecular weight excluding hydrogens is 444 g/mol. The summed E-state index contributed by atoms with van der Waals surface area (Å²) < 4.78 is 2.25. The predicted molar refractivity (Wildman–Crippen MR) is 146 cm³/mol. The SMILES string of the molecule is Cc1ccc(-[n+]2c(C=Cc3ccc([N+](=O)[O-])cc3)cc(-c3ccccc3)cc2-c2ccccc2)cc1. The van der Waals surface area contributed by atoms with Crippen molar-refractivity contribution in [2.24, 2.45) is 0 Å². The number of nitrogens with zero attached hydrogens (tertiary/aromatic N) is 2. The first kappa shape index (κ1) is 22.9. The van der Waals surface area contributed by atoms with Crippen LogP contribution in [0.15, 0.2) is 121 Å². The zero-order chi connectivity index (χ0) is 24.9. The van der Waals surface area contributed by atoms with E-state index < -0.39 is 0 Å². The number of hydrogen-bond donors (Lipinski definition) is 0. The van der Waals surface area contributed by atoms with Gasteiger partial charge < -0.3 is 0 Å². The quantitative estimate of drug-likeness (QED) is 0.145. The fraction of sp³-hybridized carbons (Fsp3) is 0.0312. The molecule has 0 radical (unpaired) electrons. The number of benzene rings is 4. The lowest BCUT2D eigenvalue weighted by molar-refractivity contribution is -0.585. The highest BCUT2D eigenvalue weighted by Crippen LogP contribution is 2.27. The lowest BCUT2D eigenvalue weighted by Crippen LogP contribution is -2.37. The summed E-state index contributed by atoms with van der Waals surface area (Å²) in [5.41, 5.74) is 8.66. The van der Waals surface area contributed by atoms with Crippen molar-refractivity contribution < 1.29 is 9.49 Å². The Morgan fingerprint density at radius 2 is 1.28 bits per heavy atom. The van der Waals surface area contributed by atoms with E-state index >= 15 is 0 Å². The molecule has 0 fully saturated rings. The molecule has 0 amide bonds. The van der Waals surface area contributed by atoms with Gasteiger partial charge in [0.15, 0.2) is 0 Å². The Kier molecular flexibility index (Phi) is 6.50. The van der Waals surface area contributed by atoms with Crippen LogP contribution in [0.4, 0.5) is 5.69 Å². The van der Waals surface area contributed by atoms with Gasteiger partial charge in [0.1, 0.15) is 0 Å². The first-order valence-electron chi connectivity index (χ1n) is 11.8. The monoisotopic (exact) mass is 469 g/mol. The Morgan fingerprint density at radius 3 is 1.89 bits per heavy atom. The number of rotatable bonds is 6. The molecule has 0 aliphatic rings. The molecule has 0 unspecified atom stereocenters. The number of nitro benzene ring substituents is 1. The molecule has 4 aromatic carbocycles. The Bertz CT molecular complexity index is 1520. The molecule has 5 rings (SSSR count). The van der Waals surface area contributed by atoms with E-state index in [-0.39, 0.29) is 10.6 Å². The van der Waals surface area contributed by atoms with Crippen molar-refractivity contribution in [3.63, 3.8) is 0 Å². The fourth-order valence-electron chi connectivity index (χ4n) is 4.23. The molecule has 0 bridgehead atoms. The molecule has 0 aliphatic heterocycles. The predicted octanol–water partition coefficient (Wildman–Crippen LogP) is 7.68. The minimum Gasteiger partial charge on any atom is -0.258 e. The third-order valence-electron chi connectivity index (χ3n) is 6.11. The van der Waals surface area contributed by atoms with Crippen LogP contribution in [0, 0.1) is 17.0 Å². The lowest BCUT2D eigenvalue weighted by atomic mass is 10.0. The molecule has 0 aliphatic carbocycles. The molecule has 5 aromatic rings. The van der Waals surface area contributed by atoms with Gasteiger partial charge in [0.25, 0.3) is 5.69 Å². The molecule has 0 spiro atoms. The van der Waals surface area contributed by atoms with Gasteiger partial charge in [-0.05, 0) is 54.0 Å². The van der Waals surface area contributed by atoms with Gasteiger partial charge in [-0.25, -0.2) is 0 Å². The van der Waals surface area contributed by atoms with E-state index in [4.69, 9.17) is 0 Å². The van der Waals surface area contributed by atoms with Crippen LogP contribution in [0.5, 0.6) is 0 Å². The van der Waals surface area contributed by atoms with Gasteiger partial charge >= 0.3 is 0 Å². The van der Waals surface area contributed by atoms with E-state index in [2.05, 4.69) is 90.4 Å². The van der Waals surface area contributed by atoms with Crippen LogP contribution >= 0.6 is 0 Å². The Morgan fingerprint density at radius 1 is 0.667 bits per heavy atom. The van der Waals surface area contributed by atoms with Crippen molar-refractivity contribution in [3.8, 4) is 28.1 Å². The Labute approximate surface area is 210 Å². The highest BCUT2D eigenvalue weighted by Gasteiger charge is 2.22. The third kappa shape index (κ3) is 4.98. The van der Waals surface area contributed by atoms with Crippen LogP contribution in [0.25, 0.3) is 40.2 Å². The minimum atomic E-state index is -0.381. The standard InChI is InChI=1S/C32H25N2O2/c1-24-12-17-29(18-13-24)33-31(21-16-25-14-19-30(20-15-25)34(35)36)22-28(26-8-4-2-5-9-26)23-32(33)27-10-6-3-7-11-27/h2-23H,1H3/q+1. The van der Waals surface area contributed by atoms with Crippen LogP contribution in [0.1, 0.15) is 16.8 Å². The third-order valence-corrected chi connectivity index (χ3v) is 6.11. The summed E-state index contributed by atoms with van der Waals surface area (Å²) in [6.07, 6.45) is 4.06. The highest BCUT2D eigenvalue weighted by atomic mass is 16.6. The second-order valence-electron chi connectivity index (χ2n) is 8.64. The number of aromatic nitrogens is 1. The number of aryl methyl sites for hydroxylation is 1. The fourth-order valence-corrected chi connectivity index (χ4v) is 4.23. The van der Waals surface area contributed by atoms with E-state index in [1.165, 1.54) is 17.7 Å². The van der Waals surface area contributed by atoms with E-state index in [1.54, 1.807) is 12.1 Å². The number of hydrogen-bond acceptors (Lipinski definition) is 2. The molecule has 4 nitrogen and oxygen atoms in total. The summed E-state index contributed by atoms with van der Waals surface area (Å²) >= 11 is 0. The first-order valence-corrected chi connectivity index (χ1v) is 11.8. The largest absolute Gasteiger partial charge is 0.269 e. The molecule has 1 aromatic heterocycles. The maximum atomic E-state index is 11.0. The average Bonchev–Trinajstić information content (AvgIpc) is 2.93. The summed E-state index contributed by atoms with van der Waals surface area (Å²) in [6, 6.07) is 40.2. The normalized spacial score (nSPS) is 11.0. The molecule has 174 valence electrons. The summed E-state index contributed by atoms with van der Waals surface area (Å²) in [5, 5.41) is 11.0. The lowest BCUT2D eigenvalue weighted by Gasteiger charge is -2.11. The van der Waals surface area contributed by atoms with E-state index in [0.29, 0.717) is 0 Å². The van der Waals surface area contributed by atoms with Gasteiger partial charge in [-0.2, -0.15) is 4.57 Å². The molecule has 0 N–H and O–H groups in total. The van der Waals surface area contributed by atoms with E-state index in [9.17, 15) is 10.1 Å². The summed E-state index contributed by atoms with van der Waals surface area (Å²) in [7, 11) is 0. The zero-order valence-corrected chi connectivity index (χ0v) is 19.9. The van der Waals surface area contributed by atoms with Crippen LogP contribution < -0.4 is 4.57 Å². The van der Waals surface area contributed by atoms with Gasteiger partial charge in [0.2, 0.25) is 17.1 Å². The minimum absolute atomic E-state index is 0.0827. The Balaban J connectivity index is 1.73. The first-order chi connectivity index (χ1) is 17.6. The van der Waals surface area contributed by atoms with Gasteiger partial charge in [-0.15, -0.1) is 0 Å². The highest BCUT2D eigenvalue weighted by molar-refractivity contribution is 5.74. The summed E-state index contributed by atoms with van der Waals surface area (Å²) in [4.78, 5) is 10.7. The van der Waals surface area contributed by atoms with Gasteiger partial charge in [-0.3, -0.25) is 10.1 Å². The van der Waals surface area contributed by atoms with Crippen LogP contribution in [-0.2, 0) is 0 Å². The maximum absolute atomic E-state index is 11.0. The number of non-ortho nitro benzene ring substituents is 1. The summed E-state index contributed by atoms with van der Waals surface area (Å²) in [6.45, 7) is 2.08. The second kappa shape index (κ2) is 10.2. The van der Waals surface area contributed by atoms with Crippen LogP contribution in [0.2, 0.25) is 0 Å². The van der Waals surface area contributed by atoms with Crippen molar-refractivity contribution in [1.82, 2.24) is 0 Å². The smallest absolute Gasteiger partial charge is 0.258 e. The number of nitro groups is 1. The van der Waals surface area contributed by atoms with Gasteiger partial charge in [-0.1, -0.05) is 66.2 Å². The molecular formula is C32H25N2O2+. The van der Waals surface area contributed by atoms with Gasteiger partial charge in [0, 0.05) is 48.0 Å². The Hall–Kier alpha value is -4.83. The average molecular weight is 470 g/mol.